The molecular formula is C13H22O3. The first-order valence-corrected chi connectivity index (χ1v) is 5.60. The molecule has 0 amide bonds. The topological polar surface area (TPSA) is 46.5 Å². The average Bonchev–Trinajstić information content (AvgIpc) is 2.09. The maximum atomic E-state index is 11.3. The molecule has 0 radical (unpaired) electrons. The summed E-state index contributed by atoms with van der Waals surface area (Å²) in [5.41, 5.74) is 2.43. The molecule has 0 heterocycles. The molecule has 0 spiro atoms. The molecule has 0 saturated heterocycles. The highest BCUT2D eigenvalue weighted by Gasteiger charge is 2.18. The summed E-state index contributed by atoms with van der Waals surface area (Å²) in [7, 11) is 0. The van der Waals surface area contributed by atoms with Crippen molar-refractivity contribution < 1.29 is 14.6 Å². The minimum absolute atomic E-state index is 0.0565. The predicted octanol–water partition coefficient (Wildman–Crippen LogP) is 2.59. The van der Waals surface area contributed by atoms with Gasteiger partial charge in [0.1, 0.15) is 5.60 Å². The first-order chi connectivity index (χ1) is 7.35. The van der Waals surface area contributed by atoms with E-state index >= 15 is 0 Å². The Morgan fingerprint density at radius 2 is 2.12 bits per heavy atom. The van der Waals surface area contributed by atoms with E-state index in [0.29, 0.717) is 12.8 Å². The molecule has 3 heteroatoms. The van der Waals surface area contributed by atoms with Crippen LogP contribution in [0.3, 0.4) is 0 Å². The molecule has 0 bridgehead atoms. The molecule has 1 N–H and O–H groups in total. The summed E-state index contributed by atoms with van der Waals surface area (Å²) in [5, 5.41) is 9.56. The van der Waals surface area contributed by atoms with Crippen molar-refractivity contribution in [2.45, 2.75) is 58.7 Å². The number of aliphatic hydroxyl groups excluding tert-OH is 1. The second kappa shape index (κ2) is 7.26. The number of rotatable bonds is 5. The quantitative estimate of drug-likeness (QED) is 0.579. The minimum atomic E-state index is -0.634. The van der Waals surface area contributed by atoms with Crippen molar-refractivity contribution in [1.29, 1.82) is 0 Å². The van der Waals surface area contributed by atoms with Crippen LogP contribution in [0.1, 0.15) is 47.0 Å². The molecule has 0 aliphatic carbocycles. The molecule has 0 rings (SSSR count). The van der Waals surface area contributed by atoms with Crippen LogP contribution < -0.4 is 0 Å². The second-order valence-corrected chi connectivity index (χ2v) is 4.68. The third kappa shape index (κ3) is 9.50. The first kappa shape index (κ1) is 14.9. The van der Waals surface area contributed by atoms with E-state index in [1.54, 1.807) is 6.08 Å². The molecule has 0 aromatic heterocycles. The van der Waals surface area contributed by atoms with Gasteiger partial charge in [-0.3, -0.25) is 4.79 Å². The lowest BCUT2D eigenvalue weighted by molar-refractivity contribution is -0.157. The monoisotopic (exact) mass is 226 g/mol. The number of hydrogen-bond acceptors (Lipinski definition) is 3. The van der Waals surface area contributed by atoms with E-state index in [0.717, 1.165) is 0 Å². The molecule has 0 saturated carbocycles. The molecule has 92 valence electrons. The van der Waals surface area contributed by atoms with Crippen molar-refractivity contribution in [1.82, 2.24) is 0 Å². The van der Waals surface area contributed by atoms with E-state index in [1.165, 1.54) is 0 Å². The van der Waals surface area contributed by atoms with Crippen LogP contribution in [0.15, 0.2) is 17.9 Å². The third-order valence-corrected chi connectivity index (χ3v) is 1.75. The second-order valence-electron chi connectivity index (χ2n) is 4.68. The lowest BCUT2D eigenvalue weighted by Gasteiger charge is -2.20. The van der Waals surface area contributed by atoms with Gasteiger partial charge < -0.3 is 9.84 Å². The maximum absolute atomic E-state index is 11.3. The Kier molecular flexibility index (Phi) is 6.78. The summed E-state index contributed by atoms with van der Waals surface area (Å²) in [6, 6.07) is 0. The Morgan fingerprint density at radius 3 is 2.62 bits per heavy atom. The molecule has 0 aromatic rings. The van der Waals surface area contributed by atoms with Gasteiger partial charge >= 0.3 is 5.97 Å². The highest BCUT2D eigenvalue weighted by molar-refractivity contribution is 5.70. The standard InChI is InChI=1S/C13H22O3/c1-5-6-7-8-9-11(14)10-12(15)16-13(2,3)4/h5,7,11,14H,8-10H2,1-4H3. The molecule has 1 atom stereocenters. The number of hydrogen-bond donors (Lipinski definition) is 1. The van der Waals surface area contributed by atoms with Crippen LogP contribution in [0.4, 0.5) is 0 Å². The molecule has 0 fully saturated rings. The SMILES string of the molecule is CC=C=CCCC(O)CC(=O)OC(C)(C)C. The van der Waals surface area contributed by atoms with Crippen LogP contribution >= 0.6 is 0 Å². The smallest absolute Gasteiger partial charge is 0.308 e. The first-order valence-electron chi connectivity index (χ1n) is 5.60. The van der Waals surface area contributed by atoms with Crippen molar-refractivity contribution in [2.75, 3.05) is 0 Å². The van der Waals surface area contributed by atoms with Crippen molar-refractivity contribution >= 4 is 5.97 Å². The lowest BCUT2D eigenvalue weighted by Crippen LogP contribution is -2.26. The Balaban J connectivity index is 3.83. The zero-order valence-electron chi connectivity index (χ0n) is 10.6. The fourth-order valence-electron chi connectivity index (χ4n) is 1.15. The molecule has 0 aliphatic heterocycles. The Labute approximate surface area is 97.8 Å². The van der Waals surface area contributed by atoms with E-state index < -0.39 is 11.7 Å². The number of allylic oxidation sites excluding steroid dienone is 1. The zero-order valence-corrected chi connectivity index (χ0v) is 10.6. The number of esters is 1. The highest BCUT2D eigenvalue weighted by Crippen LogP contribution is 2.11. The summed E-state index contributed by atoms with van der Waals surface area (Å²) in [5.74, 6) is -0.352. The van der Waals surface area contributed by atoms with Gasteiger partial charge in [0.05, 0.1) is 12.5 Å². The van der Waals surface area contributed by atoms with Gasteiger partial charge in [-0.2, -0.15) is 0 Å². The normalized spacial score (nSPS) is 12.6. The number of carbonyl (C=O) groups is 1. The average molecular weight is 226 g/mol. The summed E-state index contributed by atoms with van der Waals surface area (Å²) in [4.78, 5) is 11.3. The Hall–Kier alpha value is -1.05. The fourth-order valence-corrected chi connectivity index (χ4v) is 1.15. The van der Waals surface area contributed by atoms with E-state index in [2.05, 4.69) is 5.73 Å². The number of ether oxygens (including phenoxy) is 1. The van der Waals surface area contributed by atoms with Gasteiger partial charge in [0, 0.05) is 0 Å². The highest BCUT2D eigenvalue weighted by atomic mass is 16.6. The number of aliphatic hydroxyl groups is 1. The fraction of sp³-hybridized carbons (Fsp3) is 0.692. The zero-order chi connectivity index (χ0) is 12.6. The van der Waals surface area contributed by atoms with Crippen molar-refractivity contribution in [3.63, 3.8) is 0 Å². The van der Waals surface area contributed by atoms with E-state index in [1.807, 2.05) is 33.8 Å². The Bertz CT molecular complexity index is 267. The van der Waals surface area contributed by atoms with Crippen LogP contribution in [0.2, 0.25) is 0 Å². The predicted molar refractivity (Wildman–Crippen MR) is 64.0 cm³/mol. The van der Waals surface area contributed by atoms with Crippen LogP contribution in [0.5, 0.6) is 0 Å². The van der Waals surface area contributed by atoms with Crippen LogP contribution in [-0.2, 0) is 9.53 Å². The van der Waals surface area contributed by atoms with Crippen LogP contribution in [-0.4, -0.2) is 22.8 Å². The van der Waals surface area contributed by atoms with Gasteiger partial charge in [0.2, 0.25) is 0 Å². The van der Waals surface area contributed by atoms with E-state index in [4.69, 9.17) is 4.74 Å². The third-order valence-electron chi connectivity index (χ3n) is 1.75. The van der Waals surface area contributed by atoms with E-state index in [-0.39, 0.29) is 12.4 Å². The summed E-state index contributed by atoms with van der Waals surface area (Å²) in [6.45, 7) is 7.32. The molecule has 1 unspecified atom stereocenters. The summed E-state index contributed by atoms with van der Waals surface area (Å²) >= 11 is 0. The van der Waals surface area contributed by atoms with Gasteiger partial charge in [-0.1, -0.05) is 0 Å². The number of carbonyl (C=O) groups excluding carboxylic acids is 1. The van der Waals surface area contributed by atoms with Crippen LogP contribution in [0, 0.1) is 0 Å². The summed E-state index contributed by atoms with van der Waals surface area (Å²) in [6.07, 6.45) is 4.35. The van der Waals surface area contributed by atoms with Gasteiger partial charge in [-0.25, -0.2) is 0 Å². The molecule has 3 nitrogen and oxygen atoms in total. The molecule has 0 aromatic carbocycles. The van der Waals surface area contributed by atoms with Gasteiger partial charge in [0.25, 0.3) is 0 Å². The van der Waals surface area contributed by atoms with E-state index in [9.17, 15) is 9.90 Å². The maximum Gasteiger partial charge on any atom is 0.308 e. The van der Waals surface area contributed by atoms with Crippen molar-refractivity contribution in [3.05, 3.63) is 17.9 Å². The van der Waals surface area contributed by atoms with Crippen molar-refractivity contribution in [2.24, 2.45) is 0 Å². The summed E-state index contributed by atoms with van der Waals surface area (Å²) < 4.78 is 5.10. The lowest BCUT2D eigenvalue weighted by atomic mass is 10.1. The largest absolute Gasteiger partial charge is 0.460 e. The van der Waals surface area contributed by atoms with Gasteiger partial charge in [0.15, 0.2) is 0 Å². The van der Waals surface area contributed by atoms with Crippen molar-refractivity contribution in [3.8, 4) is 0 Å². The molecule has 0 aliphatic rings. The van der Waals surface area contributed by atoms with Gasteiger partial charge in [-0.05, 0) is 52.7 Å². The molecule has 16 heavy (non-hydrogen) atoms. The van der Waals surface area contributed by atoms with Gasteiger partial charge in [-0.15, -0.1) is 5.73 Å². The van der Waals surface area contributed by atoms with Crippen LogP contribution in [0.25, 0.3) is 0 Å². The Morgan fingerprint density at radius 1 is 1.50 bits per heavy atom. The molecular weight excluding hydrogens is 204 g/mol. The minimum Gasteiger partial charge on any atom is -0.460 e.